The van der Waals surface area contributed by atoms with E-state index < -0.39 is 6.10 Å². The molecule has 1 aromatic carbocycles. The number of benzene rings is 1. The quantitative estimate of drug-likeness (QED) is 0.751. The fraction of sp³-hybridized carbons (Fsp3) is 0.632. The molecule has 2 aliphatic heterocycles. The number of aliphatic hydroxyl groups excluding tert-OH is 1. The second kappa shape index (κ2) is 8.17. The van der Waals surface area contributed by atoms with Crippen LogP contribution in [0, 0.1) is 5.92 Å². The summed E-state index contributed by atoms with van der Waals surface area (Å²) in [6.45, 7) is 4.14. The number of hydrogen-bond acceptors (Lipinski definition) is 5. The van der Waals surface area contributed by atoms with Crippen LogP contribution in [0.2, 0.25) is 0 Å². The first kappa shape index (κ1) is 18.2. The van der Waals surface area contributed by atoms with Gasteiger partial charge < -0.3 is 20.4 Å². The molecule has 1 amide bonds. The number of hydrogen-bond donors (Lipinski definition) is 3. The molecule has 2 atom stereocenters. The zero-order valence-electron chi connectivity index (χ0n) is 14.9. The van der Waals surface area contributed by atoms with E-state index in [4.69, 9.17) is 0 Å². The molecule has 0 saturated carbocycles. The van der Waals surface area contributed by atoms with Crippen molar-refractivity contribution in [3.8, 4) is 5.75 Å². The summed E-state index contributed by atoms with van der Waals surface area (Å²) in [5.41, 5.74) is 1.11. The van der Waals surface area contributed by atoms with E-state index in [0.29, 0.717) is 18.7 Å². The summed E-state index contributed by atoms with van der Waals surface area (Å²) < 4.78 is 0. The molecule has 2 heterocycles. The molecule has 2 aliphatic rings. The number of carbonyl (C=O) groups is 1. The highest BCUT2D eigenvalue weighted by molar-refractivity contribution is 5.80. The van der Waals surface area contributed by atoms with Gasteiger partial charge in [0.05, 0.1) is 12.0 Å². The molecular weight excluding hydrogens is 318 g/mol. The molecule has 1 aromatic rings. The van der Waals surface area contributed by atoms with E-state index in [9.17, 15) is 15.0 Å². The maximum atomic E-state index is 12.5. The molecule has 2 fully saturated rings. The highest BCUT2D eigenvalue weighted by atomic mass is 16.3. The number of nitrogens with zero attached hydrogens (tertiary/aromatic N) is 2. The standard InChI is InChI=1S/C19H29N3O3/c1-21-8-7-18(24)17(13-21)19(25)20-15-5-9-22(10-6-15)12-14-3-2-4-16(23)11-14/h2-4,11,15,17-18,23-24H,5-10,12-13H2,1H3,(H,20,25)/t17-,18-/m1/s1. The first-order valence-electron chi connectivity index (χ1n) is 9.18. The van der Waals surface area contributed by atoms with Gasteiger partial charge in [0.1, 0.15) is 5.75 Å². The molecule has 138 valence electrons. The number of likely N-dealkylation sites (tertiary alicyclic amines) is 2. The molecule has 0 radical (unpaired) electrons. The van der Waals surface area contributed by atoms with Crippen molar-refractivity contribution in [1.29, 1.82) is 0 Å². The average Bonchev–Trinajstić information content (AvgIpc) is 2.59. The van der Waals surface area contributed by atoms with Gasteiger partial charge in [0.25, 0.3) is 0 Å². The molecule has 2 saturated heterocycles. The van der Waals surface area contributed by atoms with Crippen LogP contribution in [0.4, 0.5) is 0 Å². The summed E-state index contributed by atoms with van der Waals surface area (Å²) in [4.78, 5) is 16.9. The number of aromatic hydroxyl groups is 1. The molecule has 0 aromatic heterocycles. The van der Waals surface area contributed by atoms with Crippen molar-refractivity contribution in [1.82, 2.24) is 15.1 Å². The summed E-state index contributed by atoms with van der Waals surface area (Å²) in [6.07, 6.45) is 1.98. The Bertz CT molecular complexity index is 587. The van der Waals surface area contributed by atoms with Crippen LogP contribution in [0.5, 0.6) is 5.75 Å². The Labute approximate surface area is 149 Å². The summed E-state index contributed by atoms with van der Waals surface area (Å²) in [5, 5.41) is 22.8. The Hall–Kier alpha value is -1.63. The fourth-order valence-corrected chi connectivity index (χ4v) is 3.82. The topological polar surface area (TPSA) is 76.0 Å². The lowest BCUT2D eigenvalue weighted by atomic mass is 9.93. The lowest BCUT2D eigenvalue weighted by Crippen LogP contribution is -2.52. The minimum absolute atomic E-state index is 0.00881. The van der Waals surface area contributed by atoms with E-state index in [1.165, 1.54) is 0 Å². The summed E-state index contributed by atoms with van der Waals surface area (Å²) in [7, 11) is 1.99. The molecular formula is C19H29N3O3. The monoisotopic (exact) mass is 347 g/mol. The van der Waals surface area contributed by atoms with Crippen molar-refractivity contribution < 1.29 is 15.0 Å². The number of aliphatic hydroxyl groups is 1. The number of amides is 1. The third-order valence-corrected chi connectivity index (χ3v) is 5.37. The van der Waals surface area contributed by atoms with Crippen molar-refractivity contribution in [3.63, 3.8) is 0 Å². The Morgan fingerprint density at radius 1 is 1.24 bits per heavy atom. The number of phenols is 1. The van der Waals surface area contributed by atoms with Crippen molar-refractivity contribution >= 4 is 5.91 Å². The van der Waals surface area contributed by atoms with E-state index in [2.05, 4.69) is 15.1 Å². The second-order valence-corrected chi connectivity index (χ2v) is 7.45. The van der Waals surface area contributed by atoms with Gasteiger partial charge in [-0.1, -0.05) is 12.1 Å². The third kappa shape index (κ3) is 4.93. The minimum Gasteiger partial charge on any atom is -0.508 e. The van der Waals surface area contributed by atoms with E-state index in [0.717, 1.165) is 44.6 Å². The predicted octanol–water partition coefficient (Wildman–Crippen LogP) is 0.785. The predicted molar refractivity (Wildman–Crippen MR) is 96.2 cm³/mol. The Morgan fingerprint density at radius 2 is 2.00 bits per heavy atom. The van der Waals surface area contributed by atoms with Crippen molar-refractivity contribution in [2.45, 2.75) is 38.0 Å². The Balaban J connectivity index is 1.45. The molecule has 3 rings (SSSR count). The van der Waals surface area contributed by atoms with Gasteiger partial charge >= 0.3 is 0 Å². The Kier molecular flexibility index (Phi) is 5.93. The van der Waals surface area contributed by atoms with Gasteiger partial charge in [0.15, 0.2) is 0 Å². The molecule has 0 bridgehead atoms. The highest BCUT2D eigenvalue weighted by Crippen LogP contribution is 2.19. The van der Waals surface area contributed by atoms with Gasteiger partial charge in [-0.15, -0.1) is 0 Å². The third-order valence-electron chi connectivity index (χ3n) is 5.37. The van der Waals surface area contributed by atoms with Crippen LogP contribution in [0.3, 0.4) is 0 Å². The number of carbonyl (C=O) groups excluding carboxylic acids is 1. The maximum Gasteiger partial charge on any atom is 0.227 e. The molecule has 0 unspecified atom stereocenters. The van der Waals surface area contributed by atoms with Gasteiger partial charge in [-0.2, -0.15) is 0 Å². The zero-order valence-corrected chi connectivity index (χ0v) is 14.9. The molecule has 3 N–H and O–H groups in total. The van der Waals surface area contributed by atoms with Crippen LogP contribution in [0.1, 0.15) is 24.8 Å². The summed E-state index contributed by atoms with van der Waals surface area (Å²) >= 11 is 0. The molecule has 6 nitrogen and oxygen atoms in total. The number of phenolic OH excluding ortho intramolecular Hbond substituents is 1. The first-order valence-corrected chi connectivity index (χ1v) is 9.18. The first-order chi connectivity index (χ1) is 12.0. The van der Waals surface area contributed by atoms with Gasteiger partial charge in [-0.05, 0) is 44.0 Å². The smallest absolute Gasteiger partial charge is 0.227 e. The number of nitrogens with one attached hydrogen (secondary N) is 1. The van der Waals surface area contributed by atoms with Crippen LogP contribution in [0.15, 0.2) is 24.3 Å². The number of piperidine rings is 2. The minimum atomic E-state index is -0.526. The molecule has 25 heavy (non-hydrogen) atoms. The van der Waals surface area contributed by atoms with E-state index in [-0.39, 0.29) is 17.9 Å². The summed E-state index contributed by atoms with van der Waals surface area (Å²) in [6, 6.07) is 7.56. The van der Waals surface area contributed by atoms with Gasteiger partial charge in [0, 0.05) is 38.8 Å². The van der Waals surface area contributed by atoms with Gasteiger partial charge in [0.2, 0.25) is 5.91 Å². The van der Waals surface area contributed by atoms with Crippen molar-refractivity contribution in [3.05, 3.63) is 29.8 Å². The maximum absolute atomic E-state index is 12.5. The van der Waals surface area contributed by atoms with Crippen LogP contribution >= 0.6 is 0 Å². The normalized spacial score (nSPS) is 26.5. The van der Waals surface area contributed by atoms with Gasteiger partial charge in [-0.25, -0.2) is 0 Å². The van der Waals surface area contributed by atoms with Crippen LogP contribution < -0.4 is 5.32 Å². The average molecular weight is 347 g/mol. The largest absolute Gasteiger partial charge is 0.508 e. The van der Waals surface area contributed by atoms with E-state index >= 15 is 0 Å². The lowest BCUT2D eigenvalue weighted by Gasteiger charge is -2.36. The van der Waals surface area contributed by atoms with Crippen molar-refractivity contribution in [2.24, 2.45) is 5.92 Å². The van der Waals surface area contributed by atoms with Crippen LogP contribution in [-0.4, -0.2) is 71.3 Å². The summed E-state index contributed by atoms with van der Waals surface area (Å²) in [5.74, 6) is -0.0230. The molecule has 0 spiro atoms. The lowest BCUT2D eigenvalue weighted by molar-refractivity contribution is -0.132. The SMILES string of the molecule is CN1CC[C@@H](O)[C@H](C(=O)NC2CCN(Cc3cccc(O)c3)CC2)C1. The fourth-order valence-electron chi connectivity index (χ4n) is 3.82. The van der Waals surface area contributed by atoms with Crippen LogP contribution in [-0.2, 0) is 11.3 Å². The van der Waals surface area contributed by atoms with E-state index in [1.807, 2.05) is 19.2 Å². The molecule has 0 aliphatic carbocycles. The number of rotatable bonds is 4. The molecule has 6 heteroatoms. The second-order valence-electron chi connectivity index (χ2n) is 7.45. The highest BCUT2D eigenvalue weighted by Gasteiger charge is 2.33. The zero-order chi connectivity index (χ0) is 17.8. The van der Waals surface area contributed by atoms with Gasteiger partial charge in [-0.3, -0.25) is 9.69 Å². The van der Waals surface area contributed by atoms with Crippen molar-refractivity contribution in [2.75, 3.05) is 33.2 Å². The van der Waals surface area contributed by atoms with E-state index in [1.54, 1.807) is 12.1 Å². The Morgan fingerprint density at radius 3 is 2.72 bits per heavy atom. The van der Waals surface area contributed by atoms with Crippen LogP contribution in [0.25, 0.3) is 0 Å².